The molecule has 3 rings (SSSR count). The number of anilines is 2. The molecule has 2 aliphatic rings. The van der Waals surface area contributed by atoms with Crippen molar-refractivity contribution < 1.29 is 4.74 Å². The van der Waals surface area contributed by atoms with Crippen LogP contribution in [0, 0.1) is 9.49 Å². The van der Waals surface area contributed by atoms with Crippen LogP contribution in [0.5, 0.6) is 0 Å². The van der Waals surface area contributed by atoms with Crippen molar-refractivity contribution in [3.63, 3.8) is 0 Å². The lowest BCUT2D eigenvalue weighted by Crippen LogP contribution is -2.24. The third kappa shape index (κ3) is 2.38. The molecule has 1 aromatic rings. The van der Waals surface area contributed by atoms with Gasteiger partial charge in [0.15, 0.2) is 0 Å². The fourth-order valence-corrected chi connectivity index (χ4v) is 3.60. The summed E-state index contributed by atoms with van der Waals surface area (Å²) in [5, 5.41) is 3.52. The van der Waals surface area contributed by atoms with Crippen molar-refractivity contribution in [3.8, 4) is 0 Å². The van der Waals surface area contributed by atoms with E-state index in [0.29, 0.717) is 18.1 Å². The standard InChI is InChI=1S/C13H17IN2O/c14-11-6-9(15)1-3-12(11)16-7-8-5-10-2-4-13(8)17-10/h1,3,6,8,10,13,16H,2,4-5,7,15H2. The van der Waals surface area contributed by atoms with Crippen LogP contribution in [0.4, 0.5) is 11.4 Å². The molecule has 4 heteroatoms. The first-order valence-corrected chi connectivity index (χ1v) is 7.24. The molecule has 0 amide bonds. The molecule has 3 unspecified atom stereocenters. The summed E-state index contributed by atoms with van der Waals surface area (Å²) in [6.07, 6.45) is 4.77. The van der Waals surface area contributed by atoms with Crippen molar-refractivity contribution in [1.29, 1.82) is 0 Å². The average Bonchev–Trinajstić information content (AvgIpc) is 2.89. The van der Waals surface area contributed by atoms with Gasteiger partial charge in [0.05, 0.1) is 12.2 Å². The van der Waals surface area contributed by atoms with Crippen LogP contribution in [0.2, 0.25) is 0 Å². The van der Waals surface area contributed by atoms with Gasteiger partial charge >= 0.3 is 0 Å². The van der Waals surface area contributed by atoms with Crippen molar-refractivity contribution in [2.75, 3.05) is 17.6 Å². The molecule has 2 fully saturated rings. The SMILES string of the molecule is Nc1ccc(NCC2CC3CCC2O3)c(I)c1. The van der Waals surface area contributed by atoms with Crippen molar-refractivity contribution in [1.82, 2.24) is 0 Å². The first-order valence-electron chi connectivity index (χ1n) is 6.17. The van der Waals surface area contributed by atoms with Gasteiger partial charge in [-0.2, -0.15) is 0 Å². The molecule has 2 saturated heterocycles. The second-order valence-corrected chi connectivity index (χ2v) is 6.15. The third-order valence-corrected chi connectivity index (χ3v) is 4.67. The second-order valence-electron chi connectivity index (χ2n) is 4.99. The van der Waals surface area contributed by atoms with Crippen molar-refractivity contribution >= 4 is 34.0 Å². The van der Waals surface area contributed by atoms with E-state index in [2.05, 4.69) is 34.0 Å². The van der Waals surface area contributed by atoms with E-state index < -0.39 is 0 Å². The van der Waals surface area contributed by atoms with E-state index in [1.54, 1.807) is 0 Å². The molecule has 0 aliphatic carbocycles. The molecule has 0 spiro atoms. The number of ether oxygens (including phenoxy) is 1. The minimum Gasteiger partial charge on any atom is -0.399 e. The average molecular weight is 344 g/mol. The molecule has 0 saturated carbocycles. The number of hydrogen-bond acceptors (Lipinski definition) is 3. The van der Waals surface area contributed by atoms with E-state index in [-0.39, 0.29) is 0 Å². The molecule has 17 heavy (non-hydrogen) atoms. The zero-order valence-electron chi connectivity index (χ0n) is 9.66. The van der Waals surface area contributed by atoms with Gasteiger partial charge in [0.1, 0.15) is 0 Å². The maximum Gasteiger partial charge on any atom is 0.0625 e. The quantitative estimate of drug-likeness (QED) is 0.655. The smallest absolute Gasteiger partial charge is 0.0625 e. The molecular weight excluding hydrogens is 327 g/mol. The second kappa shape index (κ2) is 4.65. The fraction of sp³-hybridized carbons (Fsp3) is 0.538. The Morgan fingerprint density at radius 3 is 2.94 bits per heavy atom. The number of benzene rings is 1. The van der Waals surface area contributed by atoms with Crippen LogP contribution in [0.15, 0.2) is 18.2 Å². The van der Waals surface area contributed by atoms with Crippen molar-refractivity contribution in [2.24, 2.45) is 5.92 Å². The van der Waals surface area contributed by atoms with Crippen LogP contribution in [0.3, 0.4) is 0 Å². The first kappa shape index (κ1) is 11.6. The van der Waals surface area contributed by atoms with Crippen LogP contribution < -0.4 is 11.1 Å². The number of halogens is 1. The Morgan fingerprint density at radius 2 is 2.29 bits per heavy atom. The molecule has 92 valence electrons. The zero-order chi connectivity index (χ0) is 11.8. The minimum absolute atomic E-state index is 0.499. The van der Waals surface area contributed by atoms with Crippen LogP contribution in [-0.2, 0) is 4.74 Å². The number of hydrogen-bond donors (Lipinski definition) is 2. The topological polar surface area (TPSA) is 47.3 Å². The van der Waals surface area contributed by atoms with E-state index in [0.717, 1.165) is 12.2 Å². The Hall–Kier alpha value is -0.490. The molecule has 3 nitrogen and oxygen atoms in total. The van der Waals surface area contributed by atoms with E-state index in [4.69, 9.17) is 10.5 Å². The summed E-state index contributed by atoms with van der Waals surface area (Å²) in [6, 6.07) is 6.01. The fourth-order valence-electron chi connectivity index (χ4n) is 2.87. The summed E-state index contributed by atoms with van der Waals surface area (Å²) < 4.78 is 7.05. The Labute approximate surface area is 115 Å². The summed E-state index contributed by atoms with van der Waals surface area (Å²) in [4.78, 5) is 0. The van der Waals surface area contributed by atoms with Gasteiger partial charge in [0.25, 0.3) is 0 Å². The van der Waals surface area contributed by atoms with E-state index in [1.165, 1.54) is 28.5 Å². The van der Waals surface area contributed by atoms with Crippen LogP contribution in [0.1, 0.15) is 19.3 Å². The molecule has 3 atom stereocenters. The third-order valence-electron chi connectivity index (χ3n) is 3.78. The summed E-state index contributed by atoms with van der Waals surface area (Å²) >= 11 is 2.32. The predicted octanol–water partition coefficient (Wildman–Crippen LogP) is 2.85. The molecule has 2 bridgehead atoms. The summed E-state index contributed by atoms with van der Waals surface area (Å²) in [7, 11) is 0. The molecular formula is C13H17IN2O. The molecule has 2 aliphatic heterocycles. The maximum absolute atomic E-state index is 5.86. The van der Waals surface area contributed by atoms with E-state index in [1.807, 2.05) is 12.1 Å². The van der Waals surface area contributed by atoms with Gasteiger partial charge in [-0.25, -0.2) is 0 Å². The normalized spacial score (nSPS) is 30.8. The highest BCUT2D eigenvalue weighted by molar-refractivity contribution is 14.1. The highest BCUT2D eigenvalue weighted by Gasteiger charge is 2.40. The summed E-state index contributed by atoms with van der Waals surface area (Å²) in [5.41, 5.74) is 7.75. The van der Waals surface area contributed by atoms with Crippen LogP contribution in [-0.4, -0.2) is 18.8 Å². The predicted molar refractivity (Wildman–Crippen MR) is 78.1 cm³/mol. The zero-order valence-corrected chi connectivity index (χ0v) is 11.8. The highest BCUT2D eigenvalue weighted by atomic mass is 127. The van der Waals surface area contributed by atoms with Crippen molar-refractivity contribution in [3.05, 3.63) is 21.8 Å². The molecule has 0 radical (unpaired) electrons. The summed E-state index contributed by atoms with van der Waals surface area (Å²) in [5.74, 6) is 0.683. The van der Waals surface area contributed by atoms with Gasteiger partial charge < -0.3 is 15.8 Å². The van der Waals surface area contributed by atoms with E-state index in [9.17, 15) is 0 Å². The lowest BCUT2D eigenvalue weighted by Gasteiger charge is -2.20. The van der Waals surface area contributed by atoms with Gasteiger partial charge in [-0.3, -0.25) is 0 Å². The largest absolute Gasteiger partial charge is 0.399 e. The molecule has 2 heterocycles. The first-order chi connectivity index (χ1) is 8.22. The minimum atomic E-state index is 0.499. The van der Waals surface area contributed by atoms with E-state index >= 15 is 0 Å². The van der Waals surface area contributed by atoms with Crippen LogP contribution in [0.25, 0.3) is 0 Å². The van der Waals surface area contributed by atoms with Gasteiger partial charge in [-0.05, 0) is 60.1 Å². The number of fused-ring (bicyclic) bond motifs is 2. The Balaban J connectivity index is 1.60. The number of nitrogens with two attached hydrogens (primary N) is 1. The Bertz CT molecular complexity index is 424. The maximum atomic E-state index is 5.86. The van der Waals surface area contributed by atoms with Crippen LogP contribution >= 0.6 is 22.6 Å². The number of nitrogens with one attached hydrogen (secondary N) is 1. The van der Waals surface area contributed by atoms with Gasteiger partial charge in [-0.15, -0.1) is 0 Å². The lowest BCUT2D eigenvalue weighted by atomic mass is 9.89. The highest BCUT2D eigenvalue weighted by Crippen LogP contribution is 2.38. The molecule has 1 aromatic carbocycles. The van der Waals surface area contributed by atoms with Gasteiger partial charge in [0, 0.05) is 27.4 Å². The lowest BCUT2D eigenvalue weighted by molar-refractivity contribution is 0.0941. The van der Waals surface area contributed by atoms with Gasteiger partial charge in [-0.1, -0.05) is 0 Å². The number of nitrogen functional groups attached to an aromatic ring is 1. The number of rotatable bonds is 3. The molecule has 3 N–H and O–H groups in total. The molecule has 0 aromatic heterocycles. The monoisotopic (exact) mass is 344 g/mol. The Kier molecular flexibility index (Phi) is 3.17. The Morgan fingerprint density at radius 1 is 1.41 bits per heavy atom. The summed E-state index contributed by atoms with van der Waals surface area (Å²) in [6.45, 7) is 1.01. The van der Waals surface area contributed by atoms with Crippen molar-refractivity contribution in [2.45, 2.75) is 31.5 Å². The van der Waals surface area contributed by atoms with Gasteiger partial charge in [0.2, 0.25) is 0 Å².